The molecule has 1 aromatic heterocycles. The number of hydrogen-bond acceptors (Lipinski definition) is 5. The van der Waals surface area contributed by atoms with Gasteiger partial charge < -0.3 is 5.43 Å². The van der Waals surface area contributed by atoms with Gasteiger partial charge in [0.2, 0.25) is 0 Å². The van der Waals surface area contributed by atoms with E-state index in [9.17, 15) is 8.42 Å². The summed E-state index contributed by atoms with van der Waals surface area (Å²) in [7, 11) is -3.75. The standard InChI is InChI=1S/C11H9Br3N4O2S/c12-6-3-8(13)11(9(14)4-6)18-21(19,20)7-1-2-10(17-15)16-5-7/h1-5,18H,15H2,(H,16,17). The Morgan fingerprint density at radius 3 is 2.19 bits per heavy atom. The predicted octanol–water partition coefficient (Wildman–Crippen LogP) is 3.46. The van der Waals surface area contributed by atoms with Crippen molar-refractivity contribution in [2.24, 2.45) is 5.84 Å². The summed E-state index contributed by atoms with van der Waals surface area (Å²) >= 11 is 9.96. The van der Waals surface area contributed by atoms with Gasteiger partial charge in [0.15, 0.2) is 0 Å². The molecule has 0 fully saturated rings. The van der Waals surface area contributed by atoms with Crippen LogP contribution < -0.4 is 16.0 Å². The van der Waals surface area contributed by atoms with Gasteiger partial charge in [0, 0.05) is 19.6 Å². The van der Waals surface area contributed by atoms with Crippen molar-refractivity contribution in [1.29, 1.82) is 0 Å². The highest BCUT2D eigenvalue weighted by Crippen LogP contribution is 2.35. The lowest BCUT2D eigenvalue weighted by Crippen LogP contribution is -2.15. The average molecular weight is 501 g/mol. The van der Waals surface area contributed by atoms with Gasteiger partial charge in [-0.25, -0.2) is 19.2 Å². The van der Waals surface area contributed by atoms with E-state index in [2.05, 4.69) is 62.9 Å². The van der Waals surface area contributed by atoms with Gasteiger partial charge in [-0.05, 0) is 56.1 Å². The van der Waals surface area contributed by atoms with Crippen LogP contribution in [0.2, 0.25) is 0 Å². The van der Waals surface area contributed by atoms with Gasteiger partial charge >= 0.3 is 0 Å². The first-order valence-electron chi connectivity index (χ1n) is 5.43. The summed E-state index contributed by atoms with van der Waals surface area (Å²) < 4.78 is 29.2. The SMILES string of the molecule is NNc1ccc(S(=O)(=O)Nc2c(Br)cc(Br)cc2Br)cn1. The summed E-state index contributed by atoms with van der Waals surface area (Å²) in [6.45, 7) is 0. The molecule has 0 bridgehead atoms. The lowest BCUT2D eigenvalue weighted by Gasteiger charge is -2.12. The van der Waals surface area contributed by atoms with Crippen LogP contribution in [0.15, 0.2) is 48.8 Å². The fourth-order valence-corrected chi connectivity index (χ4v) is 5.22. The Morgan fingerprint density at radius 2 is 1.71 bits per heavy atom. The Hall–Kier alpha value is -0.680. The first kappa shape index (κ1) is 16.7. The fourth-order valence-electron chi connectivity index (χ4n) is 1.46. The zero-order valence-electron chi connectivity index (χ0n) is 10.3. The van der Waals surface area contributed by atoms with Crippen molar-refractivity contribution in [3.8, 4) is 0 Å². The third-order valence-electron chi connectivity index (χ3n) is 2.44. The quantitative estimate of drug-likeness (QED) is 0.441. The smallest absolute Gasteiger partial charge is 0.263 e. The topological polar surface area (TPSA) is 97.1 Å². The highest BCUT2D eigenvalue weighted by molar-refractivity contribution is 9.11. The van der Waals surface area contributed by atoms with E-state index in [1.54, 1.807) is 12.1 Å². The Balaban J connectivity index is 2.37. The monoisotopic (exact) mass is 498 g/mol. The summed E-state index contributed by atoms with van der Waals surface area (Å²) in [4.78, 5) is 3.91. The van der Waals surface area contributed by atoms with Crippen molar-refractivity contribution in [3.63, 3.8) is 0 Å². The Bertz CT molecular complexity index is 743. The van der Waals surface area contributed by atoms with Gasteiger partial charge in [0.05, 0.1) is 5.69 Å². The number of nitrogens with zero attached hydrogens (tertiary/aromatic N) is 1. The van der Waals surface area contributed by atoms with E-state index in [1.165, 1.54) is 18.3 Å². The van der Waals surface area contributed by atoms with Crippen molar-refractivity contribution >= 4 is 69.3 Å². The van der Waals surface area contributed by atoms with Gasteiger partial charge in [0.25, 0.3) is 10.0 Å². The molecule has 6 nitrogen and oxygen atoms in total. The summed E-state index contributed by atoms with van der Waals surface area (Å²) in [5, 5.41) is 0. The molecule has 10 heteroatoms. The number of rotatable bonds is 4. The molecule has 1 heterocycles. The molecular weight excluding hydrogens is 492 g/mol. The second-order valence-corrected chi connectivity index (χ2v) is 8.18. The molecule has 2 rings (SSSR count). The number of nitrogens with one attached hydrogen (secondary N) is 2. The zero-order chi connectivity index (χ0) is 15.6. The van der Waals surface area contributed by atoms with E-state index in [-0.39, 0.29) is 4.90 Å². The first-order valence-corrected chi connectivity index (χ1v) is 9.30. The molecule has 0 atom stereocenters. The normalized spacial score (nSPS) is 11.2. The van der Waals surface area contributed by atoms with Crippen LogP contribution in [0.4, 0.5) is 11.5 Å². The molecule has 0 unspecified atom stereocenters. The molecule has 0 aliphatic rings. The van der Waals surface area contributed by atoms with Crippen LogP contribution in [-0.2, 0) is 10.0 Å². The van der Waals surface area contributed by atoms with Crippen LogP contribution in [0.25, 0.3) is 0 Å². The summed E-state index contributed by atoms with van der Waals surface area (Å²) in [5.41, 5.74) is 2.74. The van der Waals surface area contributed by atoms with E-state index in [0.717, 1.165) is 4.47 Å². The van der Waals surface area contributed by atoms with Gasteiger partial charge in [-0.3, -0.25) is 4.72 Å². The number of hydrogen-bond donors (Lipinski definition) is 3. The van der Waals surface area contributed by atoms with E-state index >= 15 is 0 Å². The summed E-state index contributed by atoms with van der Waals surface area (Å²) in [6.07, 6.45) is 1.22. The number of pyridine rings is 1. The number of anilines is 2. The van der Waals surface area contributed by atoms with E-state index in [1.807, 2.05) is 0 Å². The fraction of sp³-hybridized carbons (Fsp3) is 0. The van der Waals surface area contributed by atoms with Gasteiger partial charge in [0.1, 0.15) is 10.7 Å². The van der Waals surface area contributed by atoms with Crippen molar-refractivity contribution in [3.05, 3.63) is 43.9 Å². The van der Waals surface area contributed by atoms with Crippen LogP contribution in [0.3, 0.4) is 0 Å². The zero-order valence-corrected chi connectivity index (χ0v) is 15.8. The lowest BCUT2D eigenvalue weighted by molar-refractivity contribution is 0.601. The minimum atomic E-state index is -3.75. The second kappa shape index (κ2) is 6.61. The molecular formula is C11H9Br3N4O2S. The molecule has 0 saturated carbocycles. The summed E-state index contributed by atoms with van der Waals surface area (Å²) in [5.74, 6) is 5.57. The average Bonchev–Trinajstić information content (AvgIpc) is 2.43. The molecule has 21 heavy (non-hydrogen) atoms. The predicted molar refractivity (Wildman–Crippen MR) is 92.4 cm³/mol. The molecule has 2 aromatic rings. The van der Waals surface area contributed by atoms with Crippen molar-refractivity contribution in [2.75, 3.05) is 10.1 Å². The minimum Gasteiger partial charge on any atom is -0.308 e. The molecule has 4 N–H and O–H groups in total. The molecule has 1 aromatic carbocycles. The van der Waals surface area contributed by atoms with E-state index < -0.39 is 10.0 Å². The molecule has 0 spiro atoms. The van der Waals surface area contributed by atoms with Gasteiger partial charge in [-0.1, -0.05) is 15.9 Å². The van der Waals surface area contributed by atoms with Crippen LogP contribution in [0.1, 0.15) is 0 Å². The van der Waals surface area contributed by atoms with Gasteiger partial charge in [-0.15, -0.1) is 0 Å². The molecule has 0 aliphatic carbocycles. The van der Waals surface area contributed by atoms with Crippen molar-refractivity contribution in [2.45, 2.75) is 4.90 Å². The van der Waals surface area contributed by atoms with Gasteiger partial charge in [-0.2, -0.15) is 0 Å². The van der Waals surface area contributed by atoms with Crippen LogP contribution >= 0.6 is 47.8 Å². The molecule has 0 aliphatic heterocycles. The number of benzene rings is 1. The maximum absolute atomic E-state index is 12.3. The largest absolute Gasteiger partial charge is 0.308 e. The highest BCUT2D eigenvalue weighted by Gasteiger charge is 2.18. The number of nitrogens with two attached hydrogens (primary N) is 1. The number of aromatic nitrogens is 1. The summed E-state index contributed by atoms with van der Waals surface area (Å²) in [6, 6.07) is 6.36. The highest BCUT2D eigenvalue weighted by atomic mass is 79.9. The van der Waals surface area contributed by atoms with Crippen LogP contribution in [0.5, 0.6) is 0 Å². The third kappa shape index (κ3) is 3.95. The molecule has 0 amide bonds. The number of nitrogen functional groups attached to an aromatic ring is 1. The van der Waals surface area contributed by atoms with Crippen molar-refractivity contribution in [1.82, 2.24) is 4.98 Å². The molecule has 0 saturated heterocycles. The van der Waals surface area contributed by atoms with Crippen LogP contribution in [0, 0.1) is 0 Å². The maximum atomic E-state index is 12.3. The third-order valence-corrected chi connectivity index (χ3v) is 5.48. The van der Waals surface area contributed by atoms with Crippen molar-refractivity contribution < 1.29 is 8.42 Å². The molecule has 0 radical (unpaired) electrons. The first-order chi connectivity index (χ1) is 9.83. The minimum absolute atomic E-state index is 0.0308. The Labute approximate surface area is 146 Å². The maximum Gasteiger partial charge on any atom is 0.263 e. The molecule has 112 valence electrons. The van der Waals surface area contributed by atoms with Crippen LogP contribution in [-0.4, -0.2) is 13.4 Å². The van der Waals surface area contributed by atoms with E-state index in [0.29, 0.717) is 20.5 Å². The number of halogens is 3. The van der Waals surface area contributed by atoms with E-state index in [4.69, 9.17) is 5.84 Å². The Morgan fingerprint density at radius 1 is 1.10 bits per heavy atom. The number of hydrazine groups is 1. The Kier molecular flexibility index (Phi) is 5.25. The lowest BCUT2D eigenvalue weighted by atomic mass is 10.3. The second-order valence-electron chi connectivity index (χ2n) is 3.87. The number of sulfonamides is 1.